The molecule has 0 aliphatic carbocycles. The predicted molar refractivity (Wildman–Crippen MR) is 273 cm³/mol. The Hall–Kier alpha value is -1.66. The summed E-state index contributed by atoms with van der Waals surface area (Å²) in [6.07, 6.45) is 59.5. The maximum absolute atomic E-state index is 13.2. The number of nitrogens with one attached hydrogen (secondary N) is 1. The first-order valence-corrected chi connectivity index (χ1v) is 28.1. The fraction of sp³-hybridized carbons (Fsp3) is 0.895. The summed E-state index contributed by atoms with van der Waals surface area (Å²) in [7, 11) is 0. The molecule has 0 radical (unpaired) electrons. The van der Waals surface area contributed by atoms with Gasteiger partial charge in [0.1, 0.15) is 6.10 Å². The lowest BCUT2D eigenvalue weighted by molar-refractivity contribution is -0.151. The van der Waals surface area contributed by atoms with E-state index in [2.05, 4.69) is 50.4 Å². The first-order valence-electron chi connectivity index (χ1n) is 28.1. The molecule has 0 saturated heterocycles. The Kier molecular flexibility index (Phi) is 50.0. The van der Waals surface area contributed by atoms with Crippen LogP contribution >= 0.6 is 0 Å². The van der Waals surface area contributed by atoms with Crippen molar-refractivity contribution in [2.24, 2.45) is 0 Å². The molecule has 0 aromatic rings. The quantitative estimate of drug-likeness (QED) is 0.0321. The van der Waals surface area contributed by atoms with E-state index in [-0.39, 0.29) is 24.9 Å². The smallest absolute Gasteiger partial charge is 0.306 e. The van der Waals surface area contributed by atoms with E-state index in [1.807, 2.05) is 0 Å². The zero-order chi connectivity index (χ0) is 45.9. The van der Waals surface area contributed by atoms with Crippen LogP contribution in [-0.2, 0) is 14.3 Å². The van der Waals surface area contributed by atoms with Gasteiger partial charge in [0.2, 0.25) is 5.91 Å². The van der Waals surface area contributed by atoms with Crippen LogP contribution in [0.25, 0.3) is 0 Å². The van der Waals surface area contributed by atoms with Crippen LogP contribution in [0, 0.1) is 0 Å². The van der Waals surface area contributed by atoms with Crippen LogP contribution in [0.2, 0.25) is 0 Å². The minimum Gasteiger partial charge on any atom is -0.462 e. The Bertz CT molecular complexity index is 997. The van der Waals surface area contributed by atoms with Crippen LogP contribution in [0.3, 0.4) is 0 Å². The highest BCUT2D eigenvalue weighted by molar-refractivity contribution is 5.77. The number of aliphatic hydroxyl groups excluding tert-OH is 2. The van der Waals surface area contributed by atoms with Gasteiger partial charge in [-0.25, -0.2) is 0 Å². The summed E-state index contributed by atoms with van der Waals surface area (Å²) in [5.41, 5.74) is 0. The van der Waals surface area contributed by atoms with E-state index >= 15 is 0 Å². The molecule has 3 unspecified atom stereocenters. The molecule has 0 aliphatic heterocycles. The summed E-state index contributed by atoms with van der Waals surface area (Å²) in [5, 5.41) is 23.9. The van der Waals surface area contributed by atoms with Crippen LogP contribution in [0.5, 0.6) is 0 Å². The monoisotopic (exact) mass is 888 g/mol. The summed E-state index contributed by atoms with van der Waals surface area (Å²) in [5.74, 6) is -0.464. The molecule has 0 fully saturated rings. The fourth-order valence-corrected chi connectivity index (χ4v) is 8.82. The number of allylic oxidation sites excluding steroid dienone is 4. The van der Waals surface area contributed by atoms with E-state index in [1.54, 1.807) is 0 Å². The molecule has 6 heteroatoms. The van der Waals surface area contributed by atoms with E-state index < -0.39 is 18.2 Å². The molecule has 3 atom stereocenters. The van der Waals surface area contributed by atoms with Crippen molar-refractivity contribution in [3.8, 4) is 0 Å². The Morgan fingerprint density at radius 2 is 0.857 bits per heavy atom. The molecule has 1 amide bonds. The van der Waals surface area contributed by atoms with Crippen LogP contribution in [0.4, 0.5) is 0 Å². The Labute approximate surface area is 392 Å². The maximum Gasteiger partial charge on any atom is 0.306 e. The number of esters is 1. The molecular formula is C57H109NO5. The lowest BCUT2D eigenvalue weighted by Gasteiger charge is -2.24. The number of carbonyl (C=O) groups excluding carboxylic acids is 2. The topological polar surface area (TPSA) is 95.9 Å². The number of carbonyl (C=O) groups is 2. The maximum atomic E-state index is 13.2. The lowest BCUT2D eigenvalue weighted by Crippen LogP contribution is -2.46. The number of ether oxygens (including phenoxy) is 1. The number of aliphatic hydroxyl groups is 2. The van der Waals surface area contributed by atoms with Crippen molar-refractivity contribution in [1.82, 2.24) is 5.32 Å². The van der Waals surface area contributed by atoms with Crippen molar-refractivity contribution in [1.29, 1.82) is 0 Å². The van der Waals surface area contributed by atoms with Crippen LogP contribution in [-0.4, -0.2) is 46.9 Å². The third-order valence-electron chi connectivity index (χ3n) is 13.0. The highest BCUT2D eigenvalue weighted by atomic mass is 16.5. The van der Waals surface area contributed by atoms with Gasteiger partial charge in [-0.3, -0.25) is 9.59 Å². The van der Waals surface area contributed by atoms with Gasteiger partial charge in [0.15, 0.2) is 0 Å². The van der Waals surface area contributed by atoms with E-state index in [0.29, 0.717) is 19.3 Å². The molecule has 3 N–H and O–H groups in total. The number of hydrogen-bond donors (Lipinski definition) is 3. The van der Waals surface area contributed by atoms with Gasteiger partial charge >= 0.3 is 5.97 Å². The zero-order valence-electron chi connectivity index (χ0n) is 42.5. The summed E-state index contributed by atoms with van der Waals surface area (Å²) >= 11 is 0. The molecule has 0 saturated carbocycles. The van der Waals surface area contributed by atoms with Gasteiger partial charge in [-0.1, -0.05) is 263 Å². The highest BCUT2D eigenvalue weighted by Crippen LogP contribution is 2.19. The van der Waals surface area contributed by atoms with Crippen molar-refractivity contribution in [3.63, 3.8) is 0 Å². The van der Waals surface area contributed by atoms with Crippen molar-refractivity contribution in [3.05, 3.63) is 24.3 Å². The molecule has 0 aliphatic rings. The first kappa shape index (κ1) is 61.3. The van der Waals surface area contributed by atoms with Gasteiger partial charge in [-0.2, -0.15) is 0 Å². The molecule has 372 valence electrons. The number of hydrogen-bond acceptors (Lipinski definition) is 5. The molecule has 6 nitrogen and oxygen atoms in total. The number of amides is 1. The van der Waals surface area contributed by atoms with Gasteiger partial charge in [0.05, 0.1) is 25.2 Å². The Morgan fingerprint density at radius 3 is 1.29 bits per heavy atom. The zero-order valence-corrected chi connectivity index (χ0v) is 42.5. The van der Waals surface area contributed by atoms with E-state index in [1.165, 1.54) is 193 Å². The standard InChI is InChI=1S/C57H109NO5/c1-4-7-10-13-16-19-22-25-28-30-33-36-39-42-45-48-53(63-57(62)50-47-44-41-38-35-32-27-24-21-18-15-12-9-6-3)51-56(61)58-54(52-59)55(60)49-46-43-40-37-34-31-29-26-23-20-17-14-11-8-5-2/h9,12,18,21,53-55,59-60H,4-8,10-11,13-17,19-20,22-52H2,1-3H3,(H,58,61)/b12-9+,21-18+. The summed E-state index contributed by atoms with van der Waals surface area (Å²) in [6.45, 7) is 6.42. The molecule has 0 heterocycles. The van der Waals surface area contributed by atoms with Gasteiger partial charge in [0.25, 0.3) is 0 Å². The van der Waals surface area contributed by atoms with Crippen molar-refractivity contribution >= 4 is 11.9 Å². The first-order chi connectivity index (χ1) is 31.0. The Morgan fingerprint density at radius 1 is 0.476 bits per heavy atom. The third kappa shape index (κ3) is 46.7. The van der Waals surface area contributed by atoms with E-state index in [4.69, 9.17) is 4.74 Å². The normalized spacial score (nSPS) is 13.3. The van der Waals surface area contributed by atoms with Crippen molar-refractivity contribution in [2.75, 3.05) is 6.61 Å². The molecule has 0 spiro atoms. The lowest BCUT2D eigenvalue weighted by atomic mass is 10.0. The van der Waals surface area contributed by atoms with Crippen LogP contribution < -0.4 is 5.32 Å². The molecule has 63 heavy (non-hydrogen) atoms. The fourth-order valence-electron chi connectivity index (χ4n) is 8.82. The van der Waals surface area contributed by atoms with Crippen LogP contribution in [0.1, 0.15) is 303 Å². The van der Waals surface area contributed by atoms with Gasteiger partial charge in [0, 0.05) is 6.42 Å². The molecular weight excluding hydrogens is 779 g/mol. The molecule has 0 aromatic carbocycles. The molecule has 0 rings (SSSR count). The number of unbranched alkanes of at least 4 members (excludes halogenated alkanes) is 35. The highest BCUT2D eigenvalue weighted by Gasteiger charge is 2.24. The minimum atomic E-state index is -0.785. The minimum absolute atomic E-state index is 0.0805. The largest absolute Gasteiger partial charge is 0.462 e. The average molecular weight is 889 g/mol. The second-order valence-electron chi connectivity index (χ2n) is 19.3. The summed E-state index contributed by atoms with van der Waals surface area (Å²) in [6, 6.07) is -0.698. The third-order valence-corrected chi connectivity index (χ3v) is 13.0. The van der Waals surface area contributed by atoms with E-state index in [0.717, 1.165) is 64.2 Å². The Balaban J connectivity index is 4.52. The van der Waals surface area contributed by atoms with Gasteiger partial charge < -0.3 is 20.3 Å². The molecule has 0 aromatic heterocycles. The molecule has 0 bridgehead atoms. The van der Waals surface area contributed by atoms with Gasteiger partial charge in [-0.15, -0.1) is 0 Å². The van der Waals surface area contributed by atoms with E-state index in [9.17, 15) is 19.8 Å². The van der Waals surface area contributed by atoms with Crippen molar-refractivity contribution in [2.45, 2.75) is 322 Å². The second kappa shape index (κ2) is 51.3. The van der Waals surface area contributed by atoms with Gasteiger partial charge in [-0.05, 0) is 51.4 Å². The summed E-state index contributed by atoms with van der Waals surface area (Å²) in [4.78, 5) is 26.2. The predicted octanol–water partition coefficient (Wildman–Crippen LogP) is 17.1. The summed E-state index contributed by atoms with van der Waals surface area (Å²) < 4.78 is 5.95. The van der Waals surface area contributed by atoms with Crippen molar-refractivity contribution < 1.29 is 24.5 Å². The second-order valence-corrected chi connectivity index (χ2v) is 19.3. The average Bonchev–Trinajstić information content (AvgIpc) is 3.28. The SMILES string of the molecule is CC/C=C/C/C=C/CCCCCCCCCC(=O)OC(CCCCCCCCCCCCCCCCC)CC(=O)NC(CO)C(O)CCCCCCCCCCCCCCCCC. The number of rotatable bonds is 51. The van der Waals surface area contributed by atoms with Crippen LogP contribution in [0.15, 0.2) is 24.3 Å².